The number of carbonyl (C=O) groups is 1. The van der Waals surface area contributed by atoms with Crippen LogP contribution in [0.5, 0.6) is 0 Å². The van der Waals surface area contributed by atoms with Crippen LogP contribution in [-0.4, -0.2) is 5.78 Å². The summed E-state index contributed by atoms with van der Waals surface area (Å²) in [6.07, 6.45) is 5.68. The van der Waals surface area contributed by atoms with E-state index in [1.165, 1.54) is 6.07 Å². The first-order valence-corrected chi connectivity index (χ1v) is 5.89. The van der Waals surface area contributed by atoms with Gasteiger partial charge in [-0.25, -0.2) is 4.39 Å². The fourth-order valence-electron chi connectivity index (χ4n) is 2.18. The number of hydrogen-bond donors (Lipinski definition) is 1. The molecule has 0 unspecified atom stereocenters. The molecule has 0 saturated carbocycles. The average molecular weight is 233 g/mol. The predicted octanol–water partition coefficient (Wildman–Crippen LogP) is 3.40. The predicted molar refractivity (Wildman–Crippen MR) is 66.4 cm³/mol. The number of nitrogens with two attached hydrogens (primary N) is 1. The summed E-state index contributed by atoms with van der Waals surface area (Å²) in [4.78, 5) is 12.2. The van der Waals surface area contributed by atoms with Crippen LogP contribution in [0.1, 0.15) is 41.6 Å². The molecule has 1 aromatic carbocycles. The van der Waals surface area contributed by atoms with Gasteiger partial charge in [-0.05, 0) is 55.9 Å². The molecule has 2 N–H and O–H groups in total. The van der Waals surface area contributed by atoms with Crippen molar-refractivity contribution in [1.29, 1.82) is 0 Å². The fraction of sp³-hybridized carbons (Fsp3) is 0.357. The van der Waals surface area contributed by atoms with Gasteiger partial charge in [0.2, 0.25) is 0 Å². The Labute approximate surface area is 100 Å². The maximum atomic E-state index is 13.9. The van der Waals surface area contributed by atoms with E-state index in [-0.39, 0.29) is 11.3 Å². The highest BCUT2D eigenvalue weighted by Crippen LogP contribution is 2.25. The minimum atomic E-state index is -0.448. The van der Waals surface area contributed by atoms with Crippen LogP contribution in [0.25, 0.3) is 0 Å². The minimum absolute atomic E-state index is 0.107. The molecular formula is C14H16FNO. The molecule has 0 atom stereocenters. The zero-order chi connectivity index (χ0) is 12.4. The van der Waals surface area contributed by atoms with Gasteiger partial charge in [-0.1, -0.05) is 6.08 Å². The van der Waals surface area contributed by atoms with Crippen molar-refractivity contribution in [2.75, 3.05) is 5.73 Å². The van der Waals surface area contributed by atoms with Crippen LogP contribution in [-0.2, 0) is 0 Å². The number of benzene rings is 1. The Bertz CT molecular complexity index is 491. The van der Waals surface area contributed by atoms with E-state index in [4.69, 9.17) is 5.73 Å². The normalized spacial score (nSPS) is 15.5. The number of rotatable bonds is 2. The van der Waals surface area contributed by atoms with Gasteiger partial charge in [-0.2, -0.15) is 0 Å². The van der Waals surface area contributed by atoms with Gasteiger partial charge in [-0.15, -0.1) is 0 Å². The Morgan fingerprint density at radius 3 is 2.76 bits per heavy atom. The summed E-state index contributed by atoms with van der Waals surface area (Å²) in [5, 5.41) is 0. The lowest BCUT2D eigenvalue weighted by Gasteiger charge is -2.13. The van der Waals surface area contributed by atoms with Gasteiger partial charge in [0.1, 0.15) is 5.82 Å². The summed E-state index contributed by atoms with van der Waals surface area (Å²) in [5.41, 5.74) is 7.34. The molecule has 1 aliphatic carbocycles. The zero-order valence-electron chi connectivity index (χ0n) is 9.92. The Morgan fingerprint density at radius 1 is 1.35 bits per heavy atom. The molecule has 0 amide bonds. The molecule has 0 saturated heterocycles. The molecular weight excluding hydrogens is 217 g/mol. The fourth-order valence-corrected chi connectivity index (χ4v) is 2.18. The SMILES string of the molecule is Cc1cc(N)cc(C(=O)C2=CCCCC2)c1F. The zero-order valence-corrected chi connectivity index (χ0v) is 9.92. The first-order chi connectivity index (χ1) is 8.09. The second kappa shape index (κ2) is 4.70. The number of aryl methyl sites for hydroxylation is 1. The third kappa shape index (κ3) is 2.38. The van der Waals surface area contributed by atoms with E-state index in [0.717, 1.165) is 31.3 Å². The van der Waals surface area contributed by atoms with Crippen molar-refractivity contribution in [3.63, 3.8) is 0 Å². The van der Waals surface area contributed by atoms with Gasteiger partial charge in [0.05, 0.1) is 5.56 Å². The molecule has 2 rings (SSSR count). The topological polar surface area (TPSA) is 43.1 Å². The smallest absolute Gasteiger partial charge is 0.191 e. The number of nitrogen functional groups attached to an aromatic ring is 1. The van der Waals surface area contributed by atoms with E-state index in [1.807, 2.05) is 6.08 Å². The van der Waals surface area contributed by atoms with Crippen molar-refractivity contribution in [2.24, 2.45) is 0 Å². The van der Waals surface area contributed by atoms with Crippen LogP contribution in [0.3, 0.4) is 0 Å². The van der Waals surface area contributed by atoms with Crippen LogP contribution in [0.15, 0.2) is 23.8 Å². The maximum absolute atomic E-state index is 13.9. The number of allylic oxidation sites excluding steroid dienone is 2. The number of ketones is 1. The van der Waals surface area contributed by atoms with Crippen LogP contribution >= 0.6 is 0 Å². The molecule has 0 spiro atoms. The van der Waals surface area contributed by atoms with Gasteiger partial charge in [0.25, 0.3) is 0 Å². The molecule has 1 aromatic rings. The number of Topliss-reactive ketones (excluding diaryl/α,β-unsaturated/α-hetero) is 1. The van der Waals surface area contributed by atoms with Crippen LogP contribution in [0.2, 0.25) is 0 Å². The second-order valence-corrected chi connectivity index (χ2v) is 4.50. The summed E-state index contributed by atoms with van der Waals surface area (Å²) >= 11 is 0. The highest BCUT2D eigenvalue weighted by molar-refractivity contribution is 6.09. The number of anilines is 1. The third-order valence-electron chi connectivity index (χ3n) is 3.10. The lowest BCUT2D eigenvalue weighted by atomic mass is 9.92. The Hall–Kier alpha value is -1.64. The molecule has 0 aromatic heterocycles. The third-order valence-corrected chi connectivity index (χ3v) is 3.10. The molecule has 1 aliphatic rings. The lowest BCUT2D eigenvalue weighted by molar-refractivity contribution is 0.102. The largest absolute Gasteiger partial charge is 0.399 e. The second-order valence-electron chi connectivity index (χ2n) is 4.50. The number of halogens is 1. The summed E-state index contributed by atoms with van der Waals surface area (Å²) in [5.74, 6) is -0.659. The van der Waals surface area contributed by atoms with Crippen molar-refractivity contribution in [2.45, 2.75) is 32.6 Å². The molecule has 2 nitrogen and oxygen atoms in total. The van der Waals surface area contributed by atoms with Crippen molar-refractivity contribution in [3.05, 3.63) is 40.7 Å². The first kappa shape index (κ1) is 11.8. The Kier molecular flexibility index (Phi) is 3.27. The minimum Gasteiger partial charge on any atom is -0.399 e. The standard InChI is InChI=1S/C14H16FNO/c1-9-7-11(16)8-12(13(9)15)14(17)10-5-3-2-4-6-10/h5,7-8H,2-4,6,16H2,1H3. The van der Waals surface area contributed by atoms with Crippen LogP contribution in [0, 0.1) is 12.7 Å². The van der Waals surface area contributed by atoms with E-state index in [1.54, 1.807) is 13.0 Å². The summed E-state index contributed by atoms with van der Waals surface area (Å²) < 4.78 is 13.9. The number of hydrogen-bond acceptors (Lipinski definition) is 2. The Morgan fingerprint density at radius 2 is 2.12 bits per heavy atom. The Balaban J connectivity index is 2.40. The van der Waals surface area contributed by atoms with Crippen molar-refractivity contribution < 1.29 is 9.18 Å². The first-order valence-electron chi connectivity index (χ1n) is 5.89. The lowest BCUT2D eigenvalue weighted by Crippen LogP contribution is -2.10. The number of carbonyl (C=O) groups excluding carboxylic acids is 1. The molecule has 3 heteroatoms. The quantitative estimate of drug-likeness (QED) is 0.628. The van der Waals surface area contributed by atoms with Crippen LogP contribution in [0.4, 0.5) is 10.1 Å². The van der Waals surface area contributed by atoms with E-state index in [9.17, 15) is 9.18 Å². The molecule has 17 heavy (non-hydrogen) atoms. The van der Waals surface area contributed by atoms with Gasteiger partial charge >= 0.3 is 0 Å². The van der Waals surface area contributed by atoms with E-state index in [0.29, 0.717) is 11.3 Å². The summed E-state index contributed by atoms with van der Waals surface area (Å²) in [6.45, 7) is 1.62. The molecule has 0 heterocycles. The maximum Gasteiger partial charge on any atom is 0.191 e. The highest BCUT2D eigenvalue weighted by atomic mass is 19.1. The summed E-state index contributed by atoms with van der Waals surface area (Å²) in [6, 6.07) is 2.97. The van der Waals surface area contributed by atoms with Crippen molar-refractivity contribution in [1.82, 2.24) is 0 Å². The van der Waals surface area contributed by atoms with Gasteiger partial charge < -0.3 is 5.73 Å². The van der Waals surface area contributed by atoms with Gasteiger partial charge in [0, 0.05) is 5.69 Å². The van der Waals surface area contributed by atoms with Crippen molar-refractivity contribution in [3.8, 4) is 0 Å². The molecule has 90 valence electrons. The molecule has 0 bridgehead atoms. The van der Waals surface area contributed by atoms with Crippen LogP contribution < -0.4 is 5.73 Å². The molecule has 0 radical (unpaired) electrons. The van der Waals surface area contributed by atoms with E-state index in [2.05, 4.69) is 0 Å². The van der Waals surface area contributed by atoms with Gasteiger partial charge in [0.15, 0.2) is 5.78 Å². The van der Waals surface area contributed by atoms with E-state index >= 15 is 0 Å². The summed E-state index contributed by atoms with van der Waals surface area (Å²) in [7, 11) is 0. The monoisotopic (exact) mass is 233 g/mol. The highest BCUT2D eigenvalue weighted by Gasteiger charge is 2.19. The van der Waals surface area contributed by atoms with E-state index < -0.39 is 5.82 Å². The van der Waals surface area contributed by atoms with Gasteiger partial charge in [-0.3, -0.25) is 4.79 Å². The molecule has 0 fully saturated rings. The average Bonchev–Trinajstić information content (AvgIpc) is 2.34. The molecule has 0 aliphatic heterocycles. The van der Waals surface area contributed by atoms with Crippen molar-refractivity contribution >= 4 is 11.5 Å².